The third-order valence-electron chi connectivity index (χ3n) is 3.50. The maximum atomic E-state index is 2.39. The highest BCUT2D eigenvalue weighted by Gasteiger charge is 2.38. The van der Waals surface area contributed by atoms with E-state index in [4.69, 9.17) is 0 Å². The SMILES string of the molecule is CC[Si](CC)(CC)C1=C(C)C1. The van der Waals surface area contributed by atoms with E-state index >= 15 is 0 Å². The normalized spacial score (nSPS) is 17.5. The first-order chi connectivity index (χ1) is 5.20. The lowest BCUT2D eigenvalue weighted by molar-refractivity contribution is 1.18. The molecule has 1 rings (SSSR count). The summed E-state index contributed by atoms with van der Waals surface area (Å²) < 4.78 is 0. The summed E-state index contributed by atoms with van der Waals surface area (Å²) in [5.41, 5.74) is 1.72. The summed E-state index contributed by atoms with van der Waals surface area (Å²) in [7, 11) is -0.867. The fraction of sp³-hybridized carbons (Fsp3) is 0.800. The Morgan fingerprint density at radius 2 is 1.45 bits per heavy atom. The molecule has 1 aliphatic rings. The summed E-state index contributed by atoms with van der Waals surface area (Å²) in [4.78, 5) is 0. The molecule has 0 heterocycles. The fourth-order valence-electron chi connectivity index (χ4n) is 2.25. The van der Waals surface area contributed by atoms with E-state index in [9.17, 15) is 0 Å². The maximum Gasteiger partial charge on any atom is 0.0811 e. The van der Waals surface area contributed by atoms with E-state index in [1.54, 1.807) is 5.57 Å². The van der Waals surface area contributed by atoms with Crippen molar-refractivity contribution in [3.05, 3.63) is 10.8 Å². The summed E-state index contributed by atoms with van der Waals surface area (Å²) in [6.07, 6.45) is 1.39. The van der Waals surface area contributed by atoms with Crippen LogP contribution >= 0.6 is 0 Å². The van der Waals surface area contributed by atoms with Crippen LogP contribution in [0.1, 0.15) is 34.1 Å². The van der Waals surface area contributed by atoms with E-state index in [-0.39, 0.29) is 0 Å². The Morgan fingerprint density at radius 3 is 1.55 bits per heavy atom. The molecule has 0 amide bonds. The van der Waals surface area contributed by atoms with Crippen LogP contribution in [0.3, 0.4) is 0 Å². The Bertz CT molecular complexity index is 167. The minimum Gasteiger partial charge on any atom is -0.0771 e. The lowest BCUT2D eigenvalue weighted by Crippen LogP contribution is -2.30. The standard InChI is InChI=1S/C10H20Si/c1-5-11(6-2,7-3)10-8-9(10)4/h5-8H2,1-4H3. The molecule has 64 valence electrons. The van der Waals surface area contributed by atoms with Gasteiger partial charge in [0.05, 0.1) is 8.07 Å². The van der Waals surface area contributed by atoms with Crippen LogP contribution < -0.4 is 0 Å². The molecule has 0 unspecified atom stereocenters. The zero-order valence-electron chi connectivity index (χ0n) is 8.33. The third-order valence-corrected chi connectivity index (χ3v) is 9.45. The van der Waals surface area contributed by atoms with E-state index in [0.29, 0.717) is 0 Å². The largest absolute Gasteiger partial charge is 0.0811 e. The average Bonchev–Trinajstić information content (AvgIpc) is 2.73. The predicted octanol–water partition coefficient (Wildman–Crippen LogP) is 3.75. The van der Waals surface area contributed by atoms with Gasteiger partial charge >= 0.3 is 0 Å². The molecule has 0 spiro atoms. The highest BCUT2D eigenvalue weighted by Crippen LogP contribution is 2.43. The lowest BCUT2D eigenvalue weighted by Gasteiger charge is -2.25. The van der Waals surface area contributed by atoms with Crippen LogP contribution in [0.2, 0.25) is 18.1 Å². The zero-order valence-corrected chi connectivity index (χ0v) is 9.33. The van der Waals surface area contributed by atoms with Crippen LogP contribution in [-0.4, -0.2) is 8.07 Å². The molecule has 0 aromatic carbocycles. The molecule has 0 radical (unpaired) electrons. The first kappa shape index (κ1) is 9.05. The molecule has 1 heteroatoms. The van der Waals surface area contributed by atoms with Gasteiger partial charge in [-0.1, -0.05) is 49.7 Å². The van der Waals surface area contributed by atoms with Crippen LogP contribution in [0.4, 0.5) is 0 Å². The van der Waals surface area contributed by atoms with Crippen LogP contribution in [-0.2, 0) is 0 Å². The van der Waals surface area contributed by atoms with Gasteiger partial charge in [0.2, 0.25) is 0 Å². The molecule has 0 aromatic rings. The highest BCUT2D eigenvalue weighted by molar-refractivity contribution is 6.87. The second kappa shape index (κ2) is 3.14. The lowest BCUT2D eigenvalue weighted by atomic mass is 10.6. The van der Waals surface area contributed by atoms with Crippen LogP contribution in [0, 0.1) is 0 Å². The van der Waals surface area contributed by atoms with Gasteiger partial charge in [0.1, 0.15) is 0 Å². The van der Waals surface area contributed by atoms with E-state index in [1.165, 1.54) is 24.6 Å². The maximum absolute atomic E-state index is 2.39. The third kappa shape index (κ3) is 1.44. The van der Waals surface area contributed by atoms with Crippen LogP contribution in [0.5, 0.6) is 0 Å². The molecule has 0 atom stereocenters. The molecule has 0 saturated carbocycles. The molecule has 0 N–H and O–H groups in total. The molecule has 11 heavy (non-hydrogen) atoms. The van der Waals surface area contributed by atoms with Gasteiger partial charge in [0.15, 0.2) is 0 Å². The molecule has 0 bridgehead atoms. The highest BCUT2D eigenvalue weighted by atomic mass is 28.3. The zero-order chi connectivity index (χ0) is 8.48. The summed E-state index contributed by atoms with van der Waals surface area (Å²) >= 11 is 0. The Balaban J connectivity index is 2.73. The number of hydrogen-bond acceptors (Lipinski definition) is 0. The molecule has 1 aliphatic carbocycles. The first-order valence-electron chi connectivity index (χ1n) is 4.89. The van der Waals surface area contributed by atoms with Gasteiger partial charge in [-0.25, -0.2) is 0 Å². The number of allylic oxidation sites excluding steroid dienone is 2. The number of hydrogen-bond donors (Lipinski definition) is 0. The quantitative estimate of drug-likeness (QED) is 0.561. The van der Waals surface area contributed by atoms with Crippen molar-refractivity contribution in [3.8, 4) is 0 Å². The van der Waals surface area contributed by atoms with Gasteiger partial charge < -0.3 is 0 Å². The molecule has 0 fully saturated rings. The number of rotatable bonds is 4. The molecule has 0 aliphatic heterocycles. The average molecular weight is 168 g/mol. The van der Waals surface area contributed by atoms with Crippen molar-refractivity contribution in [2.24, 2.45) is 0 Å². The van der Waals surface area contributed by atoms with E-state index in [1.807, 2.05) is 5.20 Å². The molecular weight excluding hydrogens is 148 g/mol. The van der Waals surface area contributed by atoms with Gasteiger partial charge in [-0.2, -0.15) is 0 Å². The van der Waals surface area contributed by atoms with Gasteiger partial charge in [0.25, 0.3) is 0 Å². The predicted molar refractivity (Wildman–Crippen MR) is 54.5 cm³/mol. The first-order valence-corrected chi connectivity index (χ1v) is 7.51. The Labute approximate surface area is 71.7 Å². The van der Waals surface area contributed by atoms with Crippen molar-refractivity contribution >= 4 is 8.07 Å². The Hall–Kier alpha value is -0.0431. The van der Waals surface area contributed by atoms with Crippen LogP contribution in [0.25, 0.3) is 0 Å². The van der Waals surface area contributed by atoms with Gasteiger partial charge in [-0.15, -0.1) is 0 Å². The van der Waals surface area contributed by atoms with Gasteiger partial charge in [-0.3, -0.25) is 0 Å². The summed E-state index contributed by atoms with van der Waals surface area (Å²) in [5.74, 6) is 0. The topological polar surface area (TPSA) is 0 Å². The molecule has 0 saturated heterocycles. The van der Waals surface area contributed by atoms with Crippen molar-refractivity contribution in [1.29, 1.82) is 0 Å². The smallest absolute Gasteiger partial charge is 0.0771 e. The molecule has 0 nitrogen and oxygen atoms in total. The van der Waals surface area contributed by atoms with Crippen molar-refractivity contribution in [2.75, 3.05) is 0 Å². The Kier molecular flexibility index (Phi) is 2.58. The van der Waals surface area contributed by atoms with E-state index in [2.05, 4.69) is 27.7 Å². The Morgan fingerprint density at radius 1 is 1.09 bits per heavy atom. The van der Waals surface area contributed by atoms with Crippen molar-refractivity contribution in [1.82, 2.24) is 0 Å². The van der Waals surface area contributed by atoms with Gasteiger partial charge in [0, 0.05) is 0 Å². The van der Waals surface area contributed by atoms with Gasteiger partial charge in [-0.05, 0) is 13.3 Å². The summed E-state index contributed by atoms with van der Waals surface area (Å²) in [5, 5.41) is 1.91. The minimum absolute atomic E-state index is 0.867. The summed E-state index contributed by atoms with van der Waals surface area (Å²) in [6, 6.07) is 4.39. The van der Waals surface area contributed by atoms with Crippen molar-refractivity contribution < 1.29 is 0 Å². The molecule has 0 aromatic heterocycles. The second-order valence-corrected chi connectivity index (χ2v) is 9.06. The summed E-state index contributed by atoms with van der Waals surface area (Å²) in [6.45, 7) is 9.48. The second-order valence-electron chi connectivity index (χ2n) is 3.78. The van der Waals surface area contributed by atoms with Crippen molar-refractivity contribution in [3.63, 3.8) is 0 Å². The van der Waals surface area contributed by atoms with Crippen molar-refractivity contribution in [2.45, 2.75) is 52.2 Å². The fourth-order valence-corrected chi connectivity index (χ4v) is 6.58. The monoisotopic (exact) mass is 168 g/mol. The van der Waals surface area contributed by atoms with E-state index < -0.39 is 8.07 Å². The van der Waals surface area contributed by atoms with E-state index in [0.717, 1.165) is 0 Å². The molecular formula is C10H20Si. The minimum atomic E-state index is -0.867. The van der Waals surface area contributed by atoms with Crippen LogP contribution in [0.15, 0.2) is 10.8 Å².